The third-order valence-corrected chi connectivity index (χ3v) is 8.65. The van der Waals surface area contributed by atoms with Crippen LogP contribution in [-0.4, -0.2) is 33.6 Å². The summed E-state index contributed by atoms with van der Waals surface area (Å²) >= 11 is 0. The van der Waals surface area contributed by atoms with Gasteiger partial charge in [0.2, 0.25) is 0 Å². The molecule has 0 spiro atoms. The van der Waals surface area contributed by atoms with E-state index in [1.807, 2.05) is 0 Å². The first kappa shape index (κ1) is 22.0. The van der Waals surface area contributed by atoms with Crippen molar-refractivity contribution >= 4 is 0 Å². The quantitative estimate of drug-likeness (QED) is 0.551. The van der Waals surface area contributed by atoms with Gasteiger partial charge < -0.3 is 15.3 Å². The Morgan fingerprint density at radius 1 is 1.10 bits per heavy atom. The van der Waals surface area contributed by atoms with Crippen molar-refractivity contribution < 1.29 is 15.3 Å². The highest BCUT2D eigenvalue weighted by molar-refractivity contribution is 5.38. The van der Waals surface area contributed by atoms with Gasteiger partial charge in [-0.25, -0.2) is 0 Å². The first-order valence-corrected chi connectivity index (χ1v) is 12.1. The molecule has 4 saturated carbocycles. The van der Waals surface area contributed by atoms with E-state index in [0.717, 1.165) is 17.6 Å². The monoisotopic (exact) mass is 412 g/mol. The third kappa shape index (κ3) is 4.40. The van der Waals surface area contributed by atoms with Gasteiger partial charge in [-0.1, -0.05) is 50.3 Å². The fourth-order valence-corrected chi connectivity index (χ4v) is 6.63. The molecule has 4 rings (SSSR count). The Bertz CT molecular complexity index is 743. The minimum Gasteiger partial charge on any atom is -0.393 e. The maximum absolute atomic E-state index is 10.2. The van der Waals surface area contributed by atoms with Crippen LogP contribution in [0.3, 0.4) is 0 Å². The lowest BCUT2D eigenvalue weighted by Crippen LogP contribution is -2.35. The van der Waals surface area contributed by atoms with E-state index in [0.29, 0.717) is 41.9 Å². The van der Waals surface area contributed by atoms with E-state index >= 15 is 0 Å². The van der Waals surface area contributed by atoms with Crippen LogP contribution in [0.4, 0.5) is 0 Å². The number of rotatable bonds is 5. The summed E-state index contributed by atoms with van der Waals surface area (Å²) in [4.78, 5) is 0. The fourth-order valence-electron chi connectivity index (χ4n) is 6.63. The average Bonchev–Trinajstić information content (AvgIpc) is 3.49. The maximum Gasteiger partial charge on any atom is 0.0811 e. The molecule has 166 valence electrons. The molecule has 3 heteroatoms. The Labute approximate surface area is 182 Å². The van der Waals surface area contributed by atoms with Gasteiger partial charge >= 0.3 is 0 Å². The van der Waals surface area contributed by atoms with E-state index in [2.05, 4.69) is 44.7 Å². The normalized spacial score (nSPS) is 42.1. The van der Waals surface area contributed by atoms with Crippen LogP contribution < -0.4 is 0 Å². The fraction of sp³-hybridized carbons (Fsp3) is 0.704. The zero-order chi connectivity index (χ0) is 21.5. The van der Waals surface area contributed by atoms with Crippen molar-refractivity contribution in [1.29, 1.82) is 0 Å². The van der Waals surface area contributed by atoms with E-state index < -0.39 is 12.2 Å². The summed E-state index contributed by atoms with van der Waals surface area (Å²) in [6, 6.07) is 0. The maximum atomic E-state index is 10.2. The number of fused-ring (bicyclic) bond motifs is 1. The van der Waals surface area contributed by atoms with Gasteiger partial charge in [-0.2, -0.15) is 0 Å². The Morgan fingerprint density at radius 2 is 1.87 bits per heavy atom. The lowest BCUT2D eigenvalue weighted by atomic mass is 9.61. The van der Waals surface area contributed by atoms with Crippen molar-refractivity contribution in [2.24, 2.45) is 29.1 Å². The summed E-state index contributed by atoms with van der Waals surface area (Å²) < 4.78 is 0. The molecule has 0 radical (unpaired) electrons. The highest BCUT2D eigenvalue weighted by Crippen LogP contribution is 2.59. The molecular formula is C27H40O3. The smallest absolute Gasteiger partial charge is 0.0811 e. The third-order valence-electron chi connectivity index (χ3n) is 8.65. The molecule has 0 aromatic heterocycles. The molecule has 0 saturated heterocycles. The summed E-state index contributed by atoms with van der Waals surface area (Å²) in [7, 11) is 0. The second-order valence-corrected chi connectivity index (χ2v) is 10.7. The van der Waals surface area contributed by atoms with Crippen LogP contribution in [0.5, 0.6) is 0 Å². The van der Waals surface area contributed by atoms with Gasteiger partial charge in [0, 0.05) is 6.42 Å². The molecule has 0 unspecified atom stereocenters. The summed E-state index contributed by atoms with van der Waals surface area (Å²) in [5.74, 6) is 2.28. The summed E-state index contributed by atoms with van der Waals surface area (Å²) in [5.41, 5.74) is 3.63. The van der Waals surface area contributed by atoms with Gasteiger partial charge in [0.15, 0.2) is 0 Å². The molecule has 4 aliphatic carbocycles. The predicted molar refractivity (Wildman–Crippen MR) is 122 cm³/mol. The predicted octanol–water partition coefficient (Wildman–Crippen LogP) is 5.09. The number of allylic oxidation sites excluding steroid dienone is 4. The zero-order valence-electron chi connectivity index (χ0n) is 18.8. The Kier molecular flexibility index (Phi) is 6.44. The molecule has 0 heterocycles. The number of aliphatic hydroxyl groups excluding tert-OH is 3. The summed E-state index contributed by atoms with van der Waals surface area (Å²) in [6.07, 6.45) is 16.9. The van der Waals surface area contributed by atoms with Crippen LogP contribution in [0.2, 0.25) is 0 Å². The zero-order valence-corrected chi connectivity index (χ0v) is 18.8. The van der Waals surface area contributed by atoms with Gasteiger partial charge in [0.1, 0.15) is 0 Å². The van der Waals surface area contributed by atoms with Crippen LogP contribution in [0.25, 0.3) is 0 Å². The minimum atomic E-state index is -0.621. The molecular weight excluding hydrogens is 372 g/mol. The Balaban J connectivity index is 1.48. The van der Waals surface area contributed by atoms with E-state index in [9.17, 15) is 15.3 Å². The molecule has 0 aliphatic heterocycles. The second-order valence-electron chi connectivity index (χ2n) is 10.7. The highest BCUT2D eigenvalue weighted by Gasteiger charge is 2.50. The van der Waals surface area contributed by atoms with Gasteiger partial charge in [-0.05, 0) is 91.6 Å². The molecule has 7 atom stereocenters. The molecule has 3 nitrogen and oxygen atoms in total. The van der Waals surface area contributed by atoms with Gasteiger partial charge in [-0.15, -0.1) is 0 Å². The van der Waals surface area contributed by atoms with Gasteiger partial charge in [0.25, 0.3) is 0 Å². The Hall–Kier alpha value is -1.16. The second kappa shape index (κ2) is 8.76. The van der Waals surface area contributed by atoms with Crippen molar-refractivity contribution in [1.82, 2.24) is 0 Å². The van der Waals surface area contributed by atoms with Gasteiger partial charge in [0.05, 0.1) is 18.3 Å². The van der Waals surface area contributed by atoms with Crippen LogP contribution in [0, 0.1) is 29.1 Å². The highest BCUT2D eigenvalue weighted by atomic mass is 16.3. The molecule has 0 amide bonds. The van der Waals surface area contributed by atoms with Crippen molar-refractivity contribution in [3.8, 4) is 0 Å². The lowest BCUT2D eigenvalue weighted by Gasteiger charge is -2.44. The van der Waals surface area contributed by atoms with Crippen molar-refractivity contribution in [2.75, 3.05) is 0 Å². The first-order chi connectivity index (χ1) is 14.3. The van der Waals surface area contributed by atoms with Crippen LogP contribution >= 0.6 is 0 Å². The van der Waals surface area contributed by atoms with Crippen LogP contribution in [-0.2, 0) is 0 Å². The number of hydrogen-bond acceptors (Lipinski definition) is 3. The van der Waals surface area contributed by atoms with Crippen molar-refractivity contribution in [3.05, 3.63) is 47.6 Å². The molecule has 4 aliphatic rings. The molecule has 0 aromatic carbocycles. The molecule has 3 N–H and O–H groups in total. The first-order valence-electron chi connectivity index (χ1n) is 12.1. The molecule has 0 aromatic rings. The van der Waals surface area contributed by atoms with Gasteiger partial charge in [-0.3, -0.25) is 0 Å². The molecule has 4 fully saturated rings. The van der Waals surface area contributed by atoms with Crippen LogP contribution in [0.1, 0.15) is 71.6 Å². The van der Waals surface area contributed by atoms with E-state index in [1.54, 1.807) is 0 Å². The topological polar surface area (TPSA) is 60.7 Å². The summed E-state index contributed by atoms with van der Waals surface area (Å²) in [5, 5.41) is 30.4. The largest absolute Gasteiger partial charge is 0.393 e. The standard InChI is InChI=1S/C27H40O3/c1-17(6-13-25(29)20-8-9-20)23-11-12-24-19(5-4-14-27(23,24)3)7-10-21-15-22(28)16-26(30)18(21)2/h6-7,10,13,17,20,22-26,28-30H,2,4-5,8-9,11-12,14-16H2,1,3H3/t17-,22+,23+,24-,25+,26-,27+/m0/s1. The minimum absolute atomic E-state index is 0.250. The van der Waals surface area contributed by atoms with Crippen molar-refractivity contribution in [3.63, 3.8) is 0 Å². The van der Waals surface area contributed by atoms with E-state index in [4.69, 9.17) is 0 Å². The average molecular weight is 413 g/mol. The van der Waals surface area contributed by atoms with Crippen molar-refractivity contribution in [2.45, 2.75) is 89.9 Å². The lowest BCUT2D eigenvalue weighted by molar-refractivity contribution is 0.0862. The number of hydrogen-bond donors (Lipinski definition) is 3. The Morgan fingerprint density at radius 3 is 2.60 bits per heavy atom. The van der Waals surface area contributed by atoms with Crippen LogP contribution in [0.15, 0.2) is 47.6 Å². The SMILES string of the molecule is C=C1C(=CC=C2CCC[C@]3(C)[C@@H]([C@@H](C)C=C[C@@H](O)C4CC4)CC[C@@H]23)C[C@@H](O)C[C@@H]1O. The van der Waals surface area contributed by atoms with E-state index in [1.165, 1.54) is 44.1 Å². The number of aliphatic hydroxyl groups is 3. The summed E-state index contributed by atoms with van der Waals surface area (Å²) in [6.45, 7) is 8.88. The van der Waals surface area contributed by atoms with E-state index in [-0.39, 0.29) is 6.10 Å². The molecule has 0 bridgehead atoms. The molecule has 30 heavy (non-hydrogen) atoms.